The van der Waals surface area contributed by atoms with Crippen LogP contribution in [0, 0.1) is 20.4 Å². The van der Waals surface area contributed by atoms with Crippen molar-refractivity contribution < 1.29 is 40.2 Å². The number of rotatable bonds is 9. The second kappa shape index (κ2) is 20.4. The van der Waals surface area contributed by atoms with Crippen LogP contribution in [0.5, 0.6) is 11.8 Å². The number of guanidine groups is 2. The van der Waals surface area contributed by atoms with Crippen LogP contribution in [0.4, 0.5) is 24.5 Å². The Morgan fingerprint density at radius 1 is 0.765 bits per heavy atom. The smallest absolute Gasteiger partial charge is 0.493 e. The summed E-state index contributed by atoms with van der Waals surface area (Å²) in [6.45, 7) is 12.4. The second-order valence-electron chi connectivity index (χ2n) is 9.82. The maximum Gasteiger partial charge on any atom is 2.00 e. The minimum absolute atomic E-state index is 0. The Balaban J connectivity index is 0.000000964. The van der Waals surface area contributed by atoms with Crippen LogP contribution in [0.15, 0.2) is 30.0 Å². The van der Waals surface area contributed by atoms with E-state index in [0.717, 1.165) is 4.57 Å². The Bertz CT molecular complexity index is 1920. The van der Waals surface area contributed by atoms with Gasteiger partial charge in [-0.3, -0.25) is 43.5 Å². The maximum atomic E-state index is 12.6. The second-order valence-corrected chi connectivity index (χ2v) is 10.6. The molecule has 0 bridgehead atoms. The van der Waals surface area contributed by atoms with Crippen LogP contribution in [-0.4, -0.2) is 81.1 Å². The minimum atomic E-state index is -5.01. The zero-order valence-corrected chi connectivity index (χ0v) is 31.5. The molecule has 0 amide bonds. The molecule has 0 saturated heterocycles. The van der Waals surface area contributed by atoms with Crippen LogP contribution in [0.25, 0.3) is 10.8 Å². The van der Waals surface area contributed by atoms with Crippen LogP contribution in [0.1, 0.15) is 54.9 Å². The molecule has 0 unspecified atom stereocenters. The third-order valence-corrected chi connectivity index (χ3v) is 7.57. The van der Waals surface area contributed by atoms with E-state index in [2.05, 4.69) is 20.5 Å². The molecule has 51 heavy (non-hydrogen) atoms. The van der Waals surface area contributed by atoms with Crippen molar-refractivity contribution in [1.82, 2.24) is 28.1 Å². The predicted molar refractivity (Wildman–Crippen MR) is 187 cm³/mol. The summed E-state index contributed by atoms with van der Waals surface area (Å²) in [5.41, 5.74) is -2.30. The standard InChI is InChI=1S/C14H22N7O2S.C13H17F3N7O2S.Co/c1-5-8-21(9(4)15)13(16)18-17-10-11(22)19(6-2)14(24)20(7-3)12(10)23;1-4-21-8(24)7(9(25)22(5-2)12(21)26)19-20-11(18)23(6-3)10(17)13(14,15)16;/h15,22H,5-8H2,1-4H3;17,24H,4-6H2,1-3H3;/q2*-1;+2. The summed E-state index contributed by atoms with van der Waals surface area (Å²) in [4.78, 5) is 26.1. The maximum absolute atomic E-state index is 12.6. The van der Waals surface area contributed by atoms with E-state index < -0.39 is 59.0 Å². The van der Waals surface area contributed by atoms with Crippen molar-refractivity contribution in [3.05, 3.63) is 41.1 Å². The van der Waals surface area contributed by atoms with Gasteiger partial charge < -0.3 is 36.2 Å². The van der Waals surface area contributed by atoms with Crippen molar-refractivity contribution in [2.45, 2.75) is 87.2 Å². The van der Waals surface area contributed by atoms with Crippen molar-refractivity contribution in [2.24, 2.45) is 20.5 Å². The first-order valence-electron chi connectivity index (χ1n) is 15.1. The molecule has 0 atom stereocenters. The fourth-order valence-corrected chi connectivity index (χ4v) is 5.00. The fourth-order valence-electron chi connectivity index (χ4n) is 4.14. The molecule has 1 radical (unpaired) electrons. The Morgan fingerprint density at radius 2 is 1.12 bits per heavy atom. The average molecular weight is 804 g/mol. The van der Waals surface area contributed by atoms with E-state index in [1.54, 1.807) is 27.7 Å². The third-order valence-electron chi connectivity index (χ3n) is 6.69. The Hall–Kier alpha value is -4.42. The van der Waals surface area contributed by atoms with Gasteiger partial charge in [0.15, 0.2) is 26.8 Å². The monoisotopic (exact) mass is 803 g/mol. The molecule has 0 saturated carbocycles. The van der Waals surface area contributed by atoms with Gasteiger partial charge in [-0.05, 0) is 72.1 Å². The molecule has 2 aromatic rings. The normalized spacial score (nSPS) is 11.2. The number of azo groups is 2. The number of nitrogens with zero attached hydrogens (tertiary/aromatic N) is 12. The number of halogens is 3. The summed E-state index contributed by atoms with van der Waals surface area (Å²) in [5.74, 6) is -4.55. The summed E-state index contributed by atoms with van der Waals surface area (Å²) in [6, 6.07) is 0. The van der Waals surface area contributed by atoms with Gasteiger partial charge in [0.1, 0.15) is 0 Å². The summed E-state index contributed by atoms with van der Waals surface area (Å²) in [6.07, 6.45) is -4.32. The quantitative estimate of drug-likeness (QED) is 0.104. The first-order valence-corrected chi connectivity index (χ1v) is 16.0. The molecule has 24 heteroatoms. The van der Waals surface area contributed by atoms with Gasteiger partial charge in [-0.25, -0.2) is 10.2 Å². The van der Waals surface area contributed by atoms with E-state index >= 15 is 0 Å². The van der Waals surface area contributed by atoms with Crippen molar-refractivity contribution in [3.63, 3.8) is 0 Å². The van der Waals surface area contributed by atoms with Crippen LogP contribution in [-0.2, 0) is 43.0 Å². The van der Waals surface area contributed by atoms with E-state index in [1.807, 2.05) is 6.92 Å². The summed E-state index contributed by atoms with van der Waals surface area (Å²) in [7, 11) is 0. The molecule has 4 N–H and O–H groups in total. The molecule has 0 aliphatic carbocycles. The van der Waals surface area contributed by atoms with Crippen molar-refractivity contribution in [2.75, 3.05) is 13.1 Å². The van der Waals surface area contributed by atoms with Gasteiger partial charge in [0, 0.05) is 43.9 Å². The Labute approximate surface area is 311 Å². The molecule has 0 spiro atoms. The fraction of sp³-hybridized carbons (Fsp3) is 0.556. The van der Waals surface area contributed by atoms with Gasteiger partial charge in [-0.2, -0.15) is 13.2 Å². The average Bonchev–Trinajstić information content (AvgIpc) is 3.04. The SMILES string of the molecule is CCCN(C(=[N-])N=Nc1c(O)n(CC)c(=S)n(CC)c1=O)C(C)=N.CCN(C(=[N-])N=Nc1c(O)n(CC)c(=S)n(CC)c1=O)C(=N)C(F)(F)F.[Co+2]. The predicted octanol–water partition coefficient (Wildman–Crippen LogP) is 5.84. The van der Waals surface area contributed by atoms with Gasteiger partial charge in [0.25, 0.3) is 11.1 Å². The van der Waals surface area contributed by atoms with Gasteiger partial charge in [0.05, 0.1) is 0 Å². The van der Waals surface area contributed by atoms with Crippen LogP contribution >= 0.6 is 24.4 Å². The van der Waals surface area contributed by atoms with E-state index in [9.17, 15) is 43.8 Å². The molecule has 283 valence electrons. The number of aromatic nitrogens is 4. The number of aromatic hydroxyl groups is 2. The van der Waals surface area contributed by atoms with Crippen LogP contribution in [0.2, 0.25) is 0 Å². The molecule has 0 fully saturated rings. The molecule has 2 aromatic heterocycles. The van der Waals surface area contributed by atoms with Crippen molar-refractivity contribution >= 4 is 59.4 Å². The van der Waals surface area contributed by atoms with Crippen molar-refractivity contribution in [3.8, 4) is 11.8 Å². The van der Waals surface area contributed by atoms with Gasteiger partial charge in [-0.1, -0.05) is 20.3 Å². The minimum Gasteiger partial charge on any atom is -0.493 e. The van der Waals surface area contributed by atoms with E-state index in [-0.39, 0.29) is 55.8 Å². The van der Waals surface area contributed by atoms with E-state index in [4.69, 9.17) is 35.3 Å². The molecule has 0 aliphatic rings. The van der Waals surface area contributed by atoms with Crippen molar-refractivity contribution in [1.29, 1.82) is 10.8 Å². The number of amidine groups is 2. The summed E-state index contributed by atoms with van der Waals surface area (Å²) in [5, 5.41) is 68.5. The van der Waals surface area contributed by atoms with E-state index in [0.29, 0.717) is 26.1 Å². The number of alkyl halides is 3. The molecule has 0 aromatic carbocycles. The molecule has 2 heterocycles. The topological polar surface area (TPSA) is 243 Å². The zero-order chi connectivity index (χ0) is 38.7. The molecular weight excluding hydrogens is 764 g/mol. The first kappa shape index (κ1) is 46.6. The molecular formula is C27H39CoF3N14O4S2. The van der Waals surface area contributed by atoms with E-state index in [1.165, 1.54) is 32.4 Å². The largest absolute Gasteiger partial charge is 2.00 e. The van der Waals surface area contributed by atoms with Gasteiger partial charge >= 0.3 is 23.0 Å². The van der Waals surface area contributed by atoms with Gasteiger partial charge in [-0.15, -0.1) is 0 Å². The Kier molecular flexibility index (Phi) is 18.7. The number of nitrogens with one attached hydrogen (secondary N) is 2. The molecule has 0 aliphatic heterocycles. The third kappa shape index (κ3) is 11.0. The molecule has 18 nitrogen and oxygen atoms in total. The number of hydrogen-bond donors (Lipinski definition) is 4. The summed E-state index contributed by atoms with van der Waals surface area (Å²) < 4.78 is 43.0. The summed E-state index contributed by atoms with van der Waals surface area (Å²) >= 11 is 10.2. The Morgan fingerprint density at radius 3 is 1.39 bits per heavy atom. The molecule has 2 rings (SSSR count). The van der Waals surface area contributed by atoms with Crippen LogP contribution < -0.4 is 11.1 Å². The van der Waals surface area contributed by atoms with Crippen LogP contribution in [0.3, 0.4) is 0 Å². The van der Waals surface area contributed by atoms with Gasteiger partial charge in [0.2, 0.25) is 11.8 Å². The first-order chi connectivity index (χ1) is 23.3. The zero-order valence-electron chi connectivity index (χ0n) is 28.8. The number of hydrogen-bond acceptors (Lipinski definition) is 10.